The molecule has 0 spiro atoms. The molecule has 1 amide bonds. The van der Waals surface area contributed by atoms with Gasteiger partial charge in [-0.05, 0) is 35.8 Å². The van der Waals surface area contributed by atoms with Gasteiger partial charge in [0.1, 0.15) is 13.2 Å². The summed E-state index contributed by atoms with van der Waals surface area (Å²) in [5, 5.41) is 0. The van der Waals surface area contributed by atoms with Crippen LogP contribution in [0.25, 0.3) is 6.08 Å². The van der Waals surface area contributed by atoms with Crippen LogP contribution in [0.15, 0.2) is 24.3 Å². The molecule has 1 aromatic rings. The van der Waals surface area contributed by atoms with Crippen LogP contribution >= 0.6 is 0 Å². The third-order valence-corrected chi connectivity index (χ3v) is 2.44. The van der Waals surface area contributed by atoms with Crippen molar-refractivity contribution in [2.45, 2.75) is 20.5 Å². The number of carbonyl (C=O) groups excluding carboxylic acids is 2. The van der Waals surface area contributed by atoms with Crippen molar-refractivity contribution in [3.8, 4) is 0 Å². The Bertz CT molecular complexity index is 494. The van der Waals surface area contributed by atoms with Crippen LogP contribution in [-0.2, 0) is 20.9 Å². The van der Waals surface area contributed by atoms with Gasteiger partial charge in [-0.3, -0.25) is 4.79 Å². The summed E-state index contributed by atoms with van der Waals surface area (Å²) in [6.45, 7) is 3.70. The van der Waals surface area contributed by atoms with Crippen LogP contribution in [0.1, 0.15) is 23.6 Å². The fourth-order valence-corrected chi connectivity index (χ4v) is 1.44. The molecule has 0 radical (unpaired) electrons. The maximum atomic E-state index is 10.8. The summed E-state index contributed by atoms with van der Waals surface area (Å²) in [4.78, 5) is 21.2. The van der Waals surface area contributed by atoms with Gasteiger partial charge < -0.3 is 15.2 Å². The van der Waals surface area contributed by atoms with Gasteiger partial charge in [-0.2, -0.15) is 0 Å². The summed E-state index contributed by atoms with van der Waals surface area (Å²) >= 11 is 0. The number of amides is 1. The van der Waals surface area contributed by atoms with E-state index in [0.29, 0.717) is 0 Å². The van der Waals surface area contributed by atoms with Gasteiger partial charge in [0, 0.05) is 6.92 Å². The Morgan fingerprint density at radius 3 is 2.68 bits per heavy atom. The second kappa shape index (κ2) is 7.20. The molecule has 19 heavy (non-hydrogen) atoms. The zero-order valence-electron chi connectivity index (χ0n) is 11.0. The number of esters is 1. The second-order valence-electron chi connectivity index (χ2n) is 4.00. The molecule has 0 unspecified atom stereocenters. The molecule has 1 rings (SSSR count). The molecular formula is C14H17NO4. The summed E-state index contributed by atoms with van der Waals surface area (Å²) < 4.78 is 9.55. The molecule has 0 fully saturated rings. The van der Waals surface area contributed by atoms with E-state index < -0.39 is 6.09 Å². The number of carbonyl (C=O) groups is 2. The third-order valence-electron chi connectivity index (χ3n) is 2.44. The summed E-state index contributed by atoms with van der Waals surface area (Å²) in [7, 11) is 0. The number of nitrogens with two attached hydrogens (primary N) is 1. The molecule has 0 heterocycles. The second-order valence-corrected chi connectivity index (χ2v) is 4.00. The Morgan fingerprint density at radius 1 is 1.32 bits per heavy atom. The van der Waals surface area contributed by atoms with E-state index in [1.165, 1.54) is 6.92 Å². The molecule has 2 N–H and O–H groups in total. The Labute approximate surface area is 112 Å². The standard InChI is InChI=1S/C14H17NO4/c1-10-5-6-12(4-3-7-18-14(15)17)8-13(10)9-19-11(2)16/h3-6,8H,7,9H2,1-2H3,(H2,15,17)/b4-3+. The number of hydrogen-bond donors (Lipinski definition) is 1. The minimum Gasteiger partial charge on any atom is -0.461 e. The molecule has 0 saturated heterocycles. The van der Waals surface area contributed by atoms with Crippen LogP contribution in [0.5, 0.6) is 0 Å². The highest BCUT2D eigenvalue weighted by Gasteiger charge is 2.01. The van der Waals surface area contributed by atoms with Crippen molar-refractivity contribution in [2.24, 2.45) is 5.73 Å². The van der Waals surface area contributed by atoms with Gasteiger partial charge in [0.05, 0.1) is 0 Å². The fraction of sp³-hybridized carbons (Fsp3) is 0.286. The van der Waals surface area contributed by atoms with Gasteiger partial charge in [0.15, 0.2) is 0 Å². The zero-order chi connectivity index (χ0) is 14.3. The van der Waals surface area contributed by atoms with E-state index in [2.05, 4.69) is 4.74 Å². The van der Waals surface area contributed by atoms with E-state index in [4.69, 9.17) is 10.5 Å². The van der Waals surface area contributed by atoms with E-state index in [0.717, 1.165) is 16.7 Å². The van der Waals surface area contributed by atoms with E-state index in [1.807, 2.05) is 25.1 Å². The molecule has 0 saturated carbocycles. The highest BCUT2D eigenvalue weighted by atomic mass is 16.5. The van der Waals surface area contributed by atoms with Crippen molar-refractivity contribution < 1.29 is 19.1 Å². The predicted molar refractivity (Wildman–Crippen MR) is 71.2 cm³/mol. The van der Waals surface area contributed by atoms with Gasteiger partial charge in [-0.1, -0.05) is 18.2 Å². The number of benzene rings is 1. The first-order valence-electron chi connectivity index (χ1n) is 5.80. The number of aryl methyl sites for hydroxylation is 1. The lowest BCUT2D eigenvalue weighted by molar-refractivity contribution is -0.142. The lowest BCUT2D eigenvalue weighted by Gasteiger charge is -2.07. The predicted octanol–water partition coefficient (Wildman–Crippen LogP) is 2.17. The van der Waals surface area contributed by atoms with Crippen LogP contribution in [0.2, 0.25) is 0 Å². The van der Waals surface area contributed by atoms with E-state index in [9.17, 15) is 9.59 Å². The number of hydrogen-bond acceptors (Lipinski definition) is 4. The minimum absolute atomic E-state index is 0.127. The Morgan fingerprint density at radius 2 is 2.05 bits per heavy atom. The first-order chi connectivity index (χ1) is 8.99. The van der Waals surface area contributed by atoms with Crippen molar-refractivity contribution in [3.63, 3.8) is 0 Å². The maximum absolute atomic E-state index is 10.8. The average molecular weight is 263 g/mol. The maximum Gasteiger partial charge on any atom is 0.404 e. The number of primary amides is 1. The van der Waals surface area contributed by atoms with Crippen LogP contribution in [-0.4, -0.2) is 18.7 Å². The quantitative estimate of drug-likeness (QED) is 0.826. The van der Waals surface area contributed by atoms with Crippen LogP contribution in [0.3, 0.4) is 0 Å². The summed E-state index contributed by atoms with van der Waals surface area (Å²) in [6.07, 6.45) is 2.69. The molecule has 5 heteroatoms. The molecule has 0 aliphatic carbocycles. The molecule has 0 bridgehead atoms. The molecule has 0 aliphatic heterocycles. The van der Waals surface area contributed by atoms with Crippen molar-refractivity contribution in [1.29, 1.82) is 0 Å². The first-order valence-corrected chi connectivity index (χ1v) is 5.80. The van der Waals surface area contributed by atoms with Crippen LogP contribution < -0.4 is 5.73 Å². The van der Waals surface area contributed by atoms with Gasteiger partial charge >= 0.3 is 12.1 Å². The van der Waals surface area contributed by atoms with Gasteiger partial charge in [-0.25, -0.2) is 4.79 Å². The normalized spacial score (nSPS) is 10.4. The molecule has 102 valence electrons. The highest BCUT2D eigenvalue weighted by molar-refractivity contribution is 5.66. The largest absolute Gasteiger partial charge is 0.461 e. The average Bonchev–Trinajstić information content (AvgIpc) is 2.34. The lowest BCUT2D eigenvalue weighted by Crippen LogP contribution is -2.12. The van der Waals surface area contributed by atoms with E-state index in [-0.39, 0.29) is 19.2 Å². The van der Waals surface area contributed by atoms with Crippen molar-refractivity contribution in [1.82, 2.24) is 0 Å². The smallest absolute Gasteiger partial charge is 0.404 e. The van der Waals surface area contributed by atoms with Crippen LogP contribution in [0, 0.1) is 6.92 Å². The summed E-state index contributed by atoms with van der Waals surface area (Å²) in [6, 6.07) is 5.78. The highest BCUT2D eigenvalue weighted by Crippen LogP contribution is 2.13. The van der Waals surface area contributed by atoms with Gasteiger partial charge in [-0.15, -0.1) is 0 Å². The van der Waals surface area contributed by atoms with E-state index in [1.54, 1.807) is 12.2 Å². The molecular weight excluding hydrogens is 246 g/mol. The molecule has 0 aromatic heterocycles. The molecule has 5 nitrogen and oxygen atoms in total. The topological polar surface area (TPSA) is 78.6 Å². The monoisotopic (exact) mass is 263 g/mol. The van der Waals surface area contributed by atoms with Crippen molar-refractivity contribution in [2.75, 3.05) is 6.61 Å². The van der Waals surface area contributed by atoms with E-state index >= 15 is 0 Å². The summed E-state index contributed by atoms with van der Waals surface area (Å²) in [5.41, 5.74) is 7.76. The lowest BCUT2D eigenvalue weighted by atomic mass is 10.1. The Hall–Kier alpha value is -2.30. The zero-order valence-corrected chi connectivity index (χ0v) is 11.0. The number of rotatable bonds is 5. The molecule has 1 aromatic carbocycles. The Kier molecular flexibility index (Phi) is 5.60. The van der Waals surface area contributed by atoms with Crippen LogP contribution in [0.4, 0.5) is 4.79 Å². The van der Waals surface area contributed by atoms with Crippen molar-refractivity contribution in [3.05, 3.63) is 41.0 Å². The van der Waals surface area contributed by atoms with Gasteiger partial charge in [0.2, 0.25) is 0 Å². The fourth-order valence-electron chi connectivity index (χ4n) is 1.44. The Balaban J connectivity index is 2.67. The molecule has 0 aliphatic rings. The minimum atomic E-state index is -0.802. The SMILES string of the molecule is CC(=O)OCc1cc(/C=C/COC(N)=O)ccc1C. The third kappa shape index (κ3) is 5.72. The summed E-state index contributed by atoms with van der Waals surface area (Å²) in [5.74, 6) is -0.310. The van der Waals surface area contributed by atoms with Crippen molar-refractivity contribution >= 4 is 18.1 Å². The first kappa shape index (κ1) is 14.8. The molecule has 0 atom stereocenters. The number of ether oxygens (including phenoxy) is 2. The van der Waals surface area contributed by atoms with Gasteiger partial charge in [0.25, 0.3) is 0 Å².